The molecule has 3 rings (SSSR count). The van der Waals surface area contributed by atoms with Crippen molar-refractivity contribution in [2.75, 3.05) is 13.6 Å². The topological polar surface area (TPSA) is 73.9 Å². The molecule has 1 atom stereocenters. The second-order valence-corrected chi connectivity index (χ2v) is 7.48. The molecule has 6 nitrogen and oxygen atoms in total. The first-order valence-corrected chi connectivity index (χ1v) is 8.80. The zero-order valence-corrected chi connectivity index (χ0v) is 14.7. The maximum absolute atomic E-state index is 12.3. The Balaban J connectivity index is 1.57. The highest BCUT2D eigenvalue weighted by Crippen LogP contribution is 2.34. The minimum absolute atomic E-state index is 0.0512. The quantitative estimate of drug-likeness (QED) is 0.903. The number of amides is 2. The highest BCUT2D eigenvalue weighted by Gasteiger charge is 2.26. The van der Waals surface area contributed by atoms with Crippen molar-refractivity contribution in [1.82, 2.24) is 25.4 Å². The number of hydrogen-bond acceptors (Lipinski definition) is 4. The van der Waals surface area contributed by atoms with Crippen LogP contribution in [0.5, 0.6) is 0 Å². The van der Waals surface area contributed by atoms with Gasteiger partial charge in [0.05, 0.1) is 16.9 Å². The Kier molecular flexibility index (Phi) is 4.66. The van der Waals surface area contributed by atoms with Crippen molar-refractivity contribution >= 4 is 17.4 Å². The van der Waals surface area contributed by atoms with Gasteiger partial charge in [-0.1, -0.05) is 0 Å². The van der Waals surface area contributed by atoms with Crippen molar-refractivity contribution in [3.63, 3.8) is 0 Å². The Labute approximate surface area is 140 Å². The number of carbonyl (C=O) groups is 1. The summed E-state index contributed by atoms with van der Waals surface area (Å²) < 4.78 is 0. The fourth-order valence-electron chi connectivity index (χ4n) is 3.08. The number of fused-ring (bicyclic) bond motifs is 1. The molecule has 0 saturated heterocycles. The Morgan fingerprint density at radius 2 is 2.35 bits per heavy atom. The molecule has 23 heavy (non-hydrogen) atoms. The summed E-state index contributed by atoms with van der Waals surface area (Å²) in [7, 11) is 1.85. The molecule has 2 amide bonds. The van der Waals surface area contributed by atoms with Crippen LogP contribution in [0.1, 0.15) is 45.6 Å². The minimum Gasteiger partial charge on any atom is -0.334 e. The SMILES string of the molecule is Cc1nc2c(s1)CCCC2CN(C)C(=O)NCc1cn[nH]c1C. The number of rotatable bonds is 4. The molecule has 7 heteroatoms. The molecular formula is C16H23N5OS. The van der Waals surface area contributed by atoms with E-state index in [1.807, 2.05) is 14.0 Å². The number of aryl methyl sites for hydroxylation is 3. The van der Waals surface area contributed by atoms with Crippen LogP contribution in [0.15, 0.2) is 6.20 Å². The zero-order valence-electron chi connectivity index (χ0n) is 13.8. The van der Waals surface area contributed by atoms with Crippen molar-refractivity contribution in [3.05, 3.63) is 33.0 Å². The maximum Gasteiger partial charge on any atom is 0.317 e. The van der Waals surface area contributed by atoms with E-state index in [4.69, 9.17) is 4.98 Å². The van der Waals surface area contributed by atoms with Crippen LogP contribution in [0, 0.1) is 13.8 Å². The number of likely N-dealkylation sites (N-methyl/N-ethyl adjacent to an activating group) is 1. The number of thiazole rings is 1. The summed E-state index contributed by atoms with van der Waals surface area (Å²) in [5.41, 5.74) is 3.22. The van der Waals surface area contributed by atoms with Gasteiger partial charge in [-0.3, -0.25) is 5.10 Å². The summed E-state index contributed by atoms with van der Waals surface area (Å²) in [5.74, 6) is 0.357. The van der Waals surface area contributed by atoms with E-state index in [1.165, 1.54) is 17.0 Å². The highest BCUT2D eigenvalue weighted by molar-refractivity contribution is 7.11. The van der Waals surface area contributed by atoms with Gasteiger partial charge < -0.3 is 10.2 Å². The van der Waals surface area contributed by atoms with Gasteiger partial charge in [-0.15, -0.1) is 11.3 Å². The van der Waals surface area contributed by atoms with Gasteiger partial charge in [0.25, 0.3) is 0 Å². The molecule has 0 spiro atoms. The largest absolute Gasteiger partial charge is 0.334 e. The van der Waals surface area contributed by atoms with Crippen LogP contribution in [-0.2, 0) is 13.0 Å². The number of carbonyl (C=O) groups excluding carboxylic acids is 1. The normalized spacial score (nSPS) is 16.9. The lowest BCUT2D eigenvalue weighted by molar-refractivity contribution is 0.203. The van der Waals surface area contributed by atoms with Crippen molar-refractivity contribution < 1.29 is 4.79 Å². The molecule has 0 fully saturated rings. The van der Waals surface area contributed by atoms with Crippen LogP contribution < -0.4 is 5.32 Å². The number of nitrogens with one attached hydrogen (secondary N) is 2. The Hall–Kier alpha value is -1.89. The van der Waals surface area contributed by atoms with Crippen LogP contribution in [0.4, 0.5) is 4.79 Å². The van der Waals surface area contributed by atoms with Crippen LogP contribution in [0.2, 0.25) is 0 Å². The first-order valence-electron chi connectivity index (χ1n) is 7.98. The van der Waals surface area contributed by atoms with E-state index in [0.29, 0.717) is 19.0 Å². The Morgan fingerprint density at radius 3 is 3.09 bits per heavy atom. The Bertz CT molecular complexity index is 692. The van der Waals surface area contributed by atoms with Gasteiger partial charge in [0.15, 0.2) is 0 Å². The highest BCUT2D eigenvalue weighted by atomic mass is 32.1. The van der Waals surface area contributed by atoms with Crippen LogP contribution in [0.25, 0.3) is 0 Å². The molecule has 124 valence electrons. The van der Waals surface area contributed by atoms with E-state index in [9.17, 15) is 4.79 Å². The van der Waals surface area contributed by atoms with Gasteiger partial charge in [0.1, 0.15) is 0 Å². The number of nitrogens with zero attached hydrogens (tertiary/aromatic N) is 3. The molecule has 1 aliphatic rings. The van der Waals surface area contributed by atoms with Crippen LogP contribution in [0.3, 0.4) is 0 Å². The minimum atomic E-state index is -0.0512. The summed E-state index contributed by atoms with van der Waals surface area (Å²) in [6.07, 6.45) is 5.17. The summed E-state index contributed by atoms with van der Waals surface area (Å²) >= 11 is 1.80. The average Bonchev–Trinajstić information content (AvgIpc) is 3.10. The van der Waals surface area contributed by atoms with Crippen molar-refractivity contribution in [1.29, 1.82) is 0 Å². The van der Waals surface area contributed by atoms with Gasteiger partial charge in [0.2, 0.25) is 0 Å². The molecule has 0 aliphatic heterocycles. The second-order valence-electron chi connectivity index (χ2n) is 6.19. The smallest absolute Gasteiger partial charge is 0.317 e. The molecule has 2 aromatic rings. The third-order valence-electron chi connectivity index (χ3n) is 4.38. The molecule has 1 unspecified atom stereocenters. The molecule has 2 N–H and O–H groups in total. The predicted octanol–water partition coefficient (Wildman–Crippen LogP) is 2.74. The lowest BCUT2D eigenvalue weighted by Crippen LogP contribution is -2.39. The fraction of sp³-hybridized carbons (Fsp3) is 0.562. The molecule has 0 bridgehead atoms. The molecule has 0 saturated carbocycles. The van der Waals surface area contributed by atoms with E-state index in [1.54, 1.807) is 22.4 Å². The fourth-order valence-corrected chi connectivity index (χ4v) is 4.14. The van der Waals surface area contributed by atoms with Crippen LogP contribution in [-0.4, -0.2) is 39.7 Å². The lowest BCUT2D eigenvalue weighted by Gasteiger charge is -2.26. The first kappa shape index (κ1) is 16.0. The van der Waals surface area contributed by atoms with E-state index in [2.05, 4.69) is 22.4 Å². The van der Waals surface area contributed by atoms with E-state index >= 15 is 0 Å². The van der Waals surface area contributed by atoms with Gasteiger partial charge in [-0.2, -0.15) is 5.10 Å². The number of hydrogen-bond donors (Lipinski definition) is 2. The number of aromatic amines is 1. The summed E-state index contributed by atoms with van der Waals surface area (Å²) in [6.45, 7) is 5.22. The average molecular weight is 333 g/mol. The number of urea groups is 1. The Morgan fingerprint density at radius 1 is 1.52 bits per heavy atom. The number of H-pyrrole nitrogens is 1. The molecule has 0 aromatic carbocycles. The van der Waals surface area contributed by atoms with E-state index in [-0.39, 0.29) is 6.03 Å². The van der Waals surface area contributed by atoms with E-state index < -0.39 is 0 Å². The second kappa shape index (κ2) is 6.70. The molecule has 0 radical (unpaired) electrons. The third-order valence-corrected chi connectivity index (χ3v) is 5.43. The standard InChI is InChI=1S/C16H23N5OS/c1-10-13(8-18-20-10)7-17-16(22)21(3)9-12-5-4-6-14-15(12)19-11(2)23-14/h8,12H,4-7,9H2,1-3H3,(H,17,22)(H,18,20). The van der Waals surface area contributed by atoms with Gasteiger partial charge in [-0.25, -0.2) is 9.78 Å². The number of aromatic nitrogens is 3. The monoisotopic (exact) mass is 333 g/mol. The summed E-state index contributed by atoms with van der Waals surface area (Å²) in [5, 5.41) is 10.9. The summed E-state index contributed by atoms with van der Waals surface area (Å²) in [6, 6.07) is -0.0512. The molecule has 2 heterocycles. The predicted molar refractivity (Wildman–Crippen MR) is 90.7 cm³/mol. The van der Waals surface area contributed by atoms with Gasteiger partial charge in [-0.05, 0) is 33.1 Å². The van der Waals surface area contributed by atoms with Gasteiger partial charge >= 0.3 is 6.03 Å². The lowest BCUT2D eigenvalue weighted by atomic mass is 9.90. The van der Waals surface area contributed by atoms with Crippen molar-refractivity contribution in [3.8, 4) is 0 Å². The van der Waals surface area contributed by atoms with Crippen molar-refractivity contribution in [2.24, 2.45) is 0 Å². The third kappa shape index (κ3) is 3.55. The van der Waals surface area contributed by atoms with Crippen LogP contribution >= 0.6 is 11.3 Å². The molecular weight excluding hydrogens is 310 g/mol. The zero-order chi connectivity index (χ0) is 16.4. The summed E-state index contributed by atoms with van der Waals surface area (Å²) in [4.78, 5) is 20.2. The molecule has 1 aliphatic carbocycles. The molecule has 2 aromatic heterocycles. The van der Waals surface area contributed by atoms with Crippen molar-refractivity contribution in [2.45, 2.75) is 45.6 Å². The van der Waals surface area contributed by atoms with Gasteiger partial charge in [0, 0.05) is 42.2 Å². The maximum atomic E-state index is 12.3. The van der Waals surface area contributed by atoms with E-state index in [0.717, 1.165) is 29.1 Å². The first-order chi connectivity index (χ1) is 11.0.